The summed E-state index contributed by atoms with van der Waals surface area (Å²) in [7, 11) is -3.60. The molecule has 1 saturated heterocycles. The Morgan fingerprint density at radius 2 is 2.05 bits per heavy atom. The highest BCUT2D eigenvalue weighted by Crippen LogP contribution is 2.20. The number of aliphatic carboxylic acids is 1. The Labute approximate surface area is 124 Å². The van der Waals surface area contributed by atoms with Crippen LogP contribution in [0.15, 0.2) is 23.1 Å². The molecular formula is C14H19NO5S. The van der Waals surface area contributed by atoms with Crippen molar-refractivity contribution in [3.63, 3.8) is 0 Å². The number of carboxylic acid groups (broad SMARTS) is 1. The molecule has 1 aliphatic heterocycles. The Morgan fingerprint density at radius 1 is 1.33 bits per heavy atom. The fraction of sp³-hybridized carbons (Fsp3) is 0.500. The van der Waals surface area contributed by atoms with Gasteiger partial charge >= 0.3 is 5.97 Å². The second kappa shape index (κ2) is 6.13. The predicted octanol–water partition coefficient (Wildman–Crippen LogP) is 1.21. The number of benzene rings is 1. The molecule has 2 unspecified atom stereocenters. The lowest BCUT2D eigenvalue weighted by Gasteiger charge is -2.13. The Balaban J connectivity index is 1.99. The smallest absolute Gasteiger partial charge is 0.332 e. The molecular weight excluding hydrogens is 294 g/mol. The number of ether oxygens (including phenoxy) is 1. The van der Waals surface area contributed by atoms with Crippen molar-refractivity contribution in [1.82, 2.24) is 4.72 Å². The van der Waals surface area contributed by atoms with Crippen molar-refractivity contribution >= 4 is 16.0 Å². The molecule has 0 amide bonds. The zero-order valence-corrected chi connectivity index (χ0v) is 12.8. The molecule has 1 aromatic rings. The number of carboxylic acids is 1. The number of hydrogen-bond acceptors (Lipinski definition) is 4. The Kier molecular flexibility index (Phi) is 4.65. The van der Waals surface area contributed by atoms with Gasteiger partial charge in [-0.2, -0.15) is 0 Å². The fourth-order valence-electron chi connectivity index (χ4n) is 2.20. The maximum absolute atomic E-state index is 12.2. The first-order valence-corrected chi connectivity index (χ1v) is 8.23. The summed E-state index contributed by atoms with van der Waals surface area (Å²) in [5, 5.41) is 8.83. The van der Waals surface area contributed by atoms with Crippen molar-refractivity contribution < 1.29 is 23.1 Å². The van der Waals surface area contributed by atoms with E-state index in [2.05, 4.69) is 4.72 Å². The molecule has 6 nitrogen and oxygen atoms in total. The number of carbonyl (C=O) groups is 1. The van der Waals surface area contributed by atoms with Crippen LogP contribution in [0.3, 0.4) is 0 Å². The second-order valence-electron chi connectivity index (χ2n) is 5.26. The van der Waals surface area contributed by atoms with Crippen molar-refractivity contribution in [1.29, 1.82) is 0 Å². The van der Waals surface area contributed by atoms with Crippen LogP contribution in [0.25, 0.3) is 0 Å². The molecule has 2 rings (SSSR count). The van der Waals surface area contributed by atoms with Gasteiger partial charge in [0.1, 0.15) is 0 Å². The molecule has 0 radical (unpaired) electrons. The monoisotopic (exact) mass is 313 g/mol. The molecule has 2 atom stereocenters. The largest absolute Gasteiger partial charge is 0.479 e. The van der Waals surface area contributed by atoms with Crippen LogP contribution in [0.5, 0.6) is 0 Å². The SMILES string of the molecule is Cc1ccc(S(=O)(=O)NCC2CCC(C(=O)O)O2)cc1C. The molecule has 1 aromatic carbocycles. The summed E-state index contributed by atoms with van der Waals surface area (Å²) >= 11 is 0. The van der Waals surface area contributed by atoms with Crippen LogP contribution in [-0.2, 0) is 19.6 Å². The van der Waals surface area contributed by atoms with E-state index in [1.54, 1.807) is 18.2 Å². The number of sulfonamides is 1. The lowest BCUT2D eigenvalue weighted by Crippen LogP contribution is -2.33. The topological polar surface area (TPSA) is 92.7 Å². The summed E-state index contributed by atoms with van der Waals surface area (Å²) in [6.45, 7) is 3.85. The van der Waals surface area contributed by atoms with Gasteiger partial charge < -0.3 is 9.84 Å². The standard InChI is InChI=1S/C14H19NO5S/c1-9-3-5-12(7-10(9)2)21(18,19)15-8-11-4-6-13(20-11)14(16)17/h3,5,7,11,13,15H,4,6,8H2,1-2H3,(H,16,17). The minimum atomic E-state index is -3.60. The normalized spacial score (nSPS) is 22.4. The first-order valence-electron chi connectivity index (χ1n) is 6.75. The Bertz CT molecular complexity index is 641. The molecule has 1 fully saturated rings. The minimum absolute atomic E-state index is 0.0824. The van der Waals surface area contributed by atoms with E-state index >= 15 is 0 Å². The molecule has 0 spiro atoms. The van der Waals surface area contributed by atoms with E-state index < -0.39 is 28.2 Å². The number of nitrogens with one attached hydrogen (secondary N) is 1. The molecule has 0 aromatic heterocycles. The van der Waals surface area contributed by atoms with Crippen molar-refractivity contribution in [2.75, 3.05) is 6.54 Å². The van der Waals surface area contributed by atoms with E-state index in [1.807, 2.05) is 13.8 Å². The lowest BCUT2D eigenvalue weighted by atomic mass is 10.1. The van der Waals surface area contributed by atoms with Gasteiger partial charge in [0, 0.05) is 6.54 Å². The summed E-state index contributed by atoms with van der Waals surface area (Å²) in [5.41, 5.74) is 1.93. The zero-order chi connectivity index (χ0) is 15.6. The summed E-state index contributed by atoms with van der Waals surface area (Å²) in [6, 6.07) is 4.93. The maximum Gasteiger partial charge on any atom is 0.332 e. The van der Waals surface area contributed by atoms with Gasteiger partial charge in [0.05, 0.1) is 11.0 Å². The number of rotatable bonds is 5. The van der Waals surface area contributed by atoms with Gasteiger partial charge in [-0.05, 0) is 49.9 Å². The van der Waals surface area contributed by atoms with Crippen LogP contribution in [0.2, 0.25) is 0 Å². The van der Waals surface area contributed by atoms with E-state index in [-0.39, 0.29) is 11.4 Å². The van der Waals surface area contributed by atoms with Crippen LogP contribution in [0.4, 0.5) is 0 Å². The van der Waals surface area contributed by atoms with Crippen LogP contribution in [-0.4, -0.2) is 38.2 Å². The zero-order valence-electron chi connectivity index (χ0n) is 12.0. The average molecular weight is 313 g/mol. The van der Waals surface area contributed by atoms with Gasteiger partial charge in [-0.25, -0.2) is 17.9 Å². The molecule has 0 saturated carbocycles. The van der Waals surface area contributed by atoms with E-state index in [4.69, 9.17) is 9.84 Å². The Hall–Kier alpha value is -1.44. The maximum atomic E-state index is 12.2. The average Bonchev–Trinajstić information content (AvgIpc) is 2.89. The second-order valence-corrected chi connectivity index (χ2v) is 7.03. The first kappa shape index (κ1) is 15.9. The van der Waals surface area contributed by atoms with Crippen LogP contribution >= 0.6 is 0 Å². The fourth-order valence-corrected chi connectivity index (χ4v) is 3.36. The van der Waals surface area contributed by atoms with Gasteiger partial charge in [0.15, 0.2) is 6.10 Å². The molecule has 0 bridgehead atoms. The minimum Gasteiger partial charge on any atom is -0.479 e. The molecule has 1 heterocycles. The van der Waals surface area contributed by atoms with E-state index in [9.17, 15) is 13.2 Å². The molecule has 116 valence electrons. The van der Waals surface area contributed by atoms with Gasteiger partial charge in [-0.3, -0.25) is 0 Å². The van der Waals surface area contributed by atoms with E-state index in [0.29, 0.717) is 12.8 Å². The molecule has 7 heteroatoms. The first-order chi connectivity index (χ1) is 9.79. The number of aryl methyl sites for hydroxylation is 2. The van der Waals surface area contributed by atoms with Gasteiger partial charge in [0.2, 0.25) is 10.0 Å². The van der Waals surface area contributed by atoms with Crippen molar-refractivity contribution in [3.05, 3.63) is 29.3 Å². The van der Waals surface area contributed by atoms with E-state index in [0.717, 1.165) is 11.1 Å². The third kappa shape index (κ3) is 3.81. The molecule has 2 N–H and O–H groups in total. The predicted molar refractivity (Wildman–Crippen MR) is 76.6 cm³/mol. The lowest BCUT2D eigenvalue weighted by molar-refractivity contribution is -0.149. The highest BCUT2D eigenvalue weighted by molar-refractivity contribution is 7.89. The van der Waals surface area contributed by atoms with E-state index in [1.165, 1.54) is 0 Å². The van der Waals surface area contributed by atoms with Crippen molar-refractivity contribution in [2.24, 2.45) is 0 Å². The molecule has 0 aliphatic carbocycles. The molecule has 21 heavy (non-hydrogen) atoms. The number of hydrogen-bond donors (Lipinski definition) is 2. The van der Waals surface area contributed by atoms with Gasteiger partial charge in [-0.15, -0.1) is 0 Å². The van der Waals surface area contributed by atoms with Crippen LogP contribution in [0.1, 0.15) is 24.0 Å². The third-order valence-corrected chi connectivity index (χ3v) is 5.09. The van der Waals surface area contributed by atoms with Crippen LogP contribution in [0, 0.1) is 13.8 Å². The summed E-state index contributed by atoms with van der Waals surface area (Å²) in [6.07, 6.45) is -0.286. The van der Waals surface area contributed by atoms with Gasteiger partial charge in [-0.1, -0.05) is 6.07 Å². The summed E-state index contributed by atoms with van der Waals surface area (Å²) < 4.78 is 32.1. The van der Waals surface area contributed by atoms with Gasteiger partial charge in [0.25, 0.3) is 0 Å². The summed E-state index contributed by atoms with van der Waals surface area (Å²) in [4.78, 5) is 11.0. The highest BCUT2D eigenvalue weighted by atomic mass is 32.2. The highest BCUT2D eigenvalue weighted by Gasteiger charge is 2.31. The molecule has 1 aliphatic rings. The Morgan fingerprint density at radius 3 is 2.62 bits per heavy atom. The van der Waals surface area contributed by atoms with Crippen molar-refractivity contribution in [3.8, 4) is 0 Å². The summed E-state index contributed by atoms with van der Waals surface area (Å²) in [5.74, 6) is -1.01. The van der Waals surface area contributed by atoms with Crippen LogP contribution < -0.4 is 4.72 Å². The third-order valence-electron chi connectivity index (χ3n) is 3.67. The quantitative estimate of drug-likeness (QED) is 0.852. The van der Waals surface area contributed by atoms with Crippen molar-refractivity contribution in [2.45, 2.75) is 43.8 Å².